The van der Waals surface area contributed by atoms with Crippen LogP contribution < -0.4 is 5.73 Å². The Morgan fingerprint density at radius 3 is 2.54 bits per heavy atom. The van der Waals surface area contributed by atoms with Crippen molar-refractivity contribution in [2.75, 3.05) is 6.67 Å². The van der Waals surface area contributed by atoms with Gasteiger partial charge in [0.05, 0.1) is 6.67 Å². The number of nitrogens with two attached hydrogens (primary N) is 1. The first kappa shape index (κ1) is 10.1. The zero-order chi connectivity index (χ0) is 9.68. The van der Waals surface area contributed by atoms with Gasteiger partial charge in [0.25, 0.3) is 0 Å². The van der Waals surface area contributed by atoms with Crippen LogP contribution in [0, 0.1) is 0 Å². The van der Waals surface area contributed by atoms with Gasteiger partial charge in [0, 0.05) is 11.8 Å². The Balaban J connectivity index is 2.62. The van der Waals surface area contributed by atoms with E-state index in [0.717, 1.165) is 4.90 Å². The predicted molar refractivity (Wildman–Crippen MR) is 53.9 cm³/mol. The zero-order valence-corrected chi connectivity index (χ0v) is 8.25. The van der Waals surface area contributed by atoms with E-state index in [-0.39, 0.29) is 12.6 Å². The quantitative estimate of drug-likeness (QED) is 0.588. The van der Waals surface area contributed by atoms with Crippen LogP contribution in [0.25, 0.3) is 0 Å². The highest BCUT2D eigenvalue weighted by molar-refractivity contribution is 7.97. The lowest BCUT2D eigenvalue weighted by Crippen LogP contribution is -2.27. The van der Waals surface area contributed by atoms with E-state index >= 15 is 0 Å². The summed E-state index contributed by atoms with van der Waals surface area (Å²) < 4.78 is 1.51. The molecular weight excluding hydrogens is 184 g/mol. The van der Waals surface area contributed by atoms with Crippen molar-refractivity contribution >= 4 is 17.9 Å². The summed E-state index contributed by atoms with van der Waals surface area (Å²) in [5.41, 5.74) is 5.41. The molecule has 0 saturated carbocycles. The second-order valence-electron chi connectivity index (χ2n) is 2.48. The smallest absolute Gasteiger partial charge is 0.230 e. The van der Waals surface area contributed by atoms with Crippen LogP contribution in [-0.2, 0) is 4.79 Å². The summed E-state index contributed by atoms with van der Waals surface area (Å²) in [5.74, 6) is -0.0312. The molecule has 0 fully saturated rings. The van der Waals surface area contributed by atoms with E-state index in [4.69, 9.17) is 5.73 Å². The van der Waals surface area contributed by atoms with Gasteiger partial charge in [-0.1, -0.05) is 18.2 Å². The van der Waals surface area contributed by atoms with Gasteiger partial charge in [0.1, 0.15) is 0 Å². The molecule has 0 aliphatic heterocycles. The highest BCUT2D eigenvalue weighted by Gasteiger charge is 2.07. The van der Waals surface area contributed by atoms with Gasteiger partial charge in [0.15, 0.2) is 0 Å². The Morgan fingerprint density at radius 2 is 2.08 bits per heavy atom. The van der Waals surface area contributed by atoms with E-state index in [2.05, 4.69) is 0 Å². The average molecular weight is 196 g/mol. The summed E-state index contributed by atoms with van der Waals surface area (Å²) in [5, 5.41) is 0. The lowest BCUT2D eigenvalue weighted by molar-refractivity contribution is -0.123. The van der Waals surface area contributed by atoms with Crippen molar-refractivity contribution in [1.82, 2.24) is 4.31 Å². The molecule has 0 aliphatic carbocycles. The van der Waals surface area contributed by atoms with Gasteiger partial charge in [-0.05, 0) is 24.1 Å². The van der Waals surface area contributed by atoms with Gasteiger partial charge in [-0.2, -0.15) is 0 Å². The van der Waals surface area contributed by atoms with E-state index < -0.39 is 0 Å². The van der Waals surface area contributed by atoms with Crippen molar-refractivity contribution in [2.45, 2.75) is 11.8 Å². The number of rotatable bonds is 3. The molecule has 0 unspecified atom stereocenters. The Morgan fingerprint density at radius 1 is 1.46 bits per heavy atom. The first-order chi connectivity index (χ1) is 6.24. The minimum atomic E-state index is -0.0312. The van der Waals surface area contributed by atoms with Crippen molar-refractivity contribution in [3.63, 3.8) is 0 Å². The molecule has 1 amide bonds. The number of benzene rings is 1. The maximum atomic E-state index is 11.0. The fraction of sp³-hybridized carbons (Fsp3) is 0.222. The van der Waals surface area contributed by atoms with Crippen molar-refractivity contribution in [1.29, 1.82) is 0 Å². The molecule has 0 atom stereocenters. The maximum absolute atomic E-state index is 11.0. The molecule has 0 bridgehead atoms. The lowest BCUT2D eigenvalue weighted by Gasteiger charge is -2.16. The molecule has 2 N–H and O–H groups in total. The maximum Gasteiger partial charge on any atom is 0.230 e. The monoisotopic (exact) mass is 196 g/mol. The fourth-order valence-corrected chi connectivity index (χ4v) is 1.58. The molecule has 70 valence electrons. The van der Waals surface area contributed by atoms with Gasteiger partial charge in [-0.25, -0.2) is 0 Å². The molecular formula is C9H12N2OS. The fourth-order valence-electron chi connectivity index (χ4n) is 0.839. The summed E-state index contributed by atoms with van der Waals surface area (Å²) in [6, 6.07) is 9.67. The number of carbonyl (C=O) groups is 1. The van der Waals surface area contributed by atoms with Gasteiger partial charge >= 0.3 is 0 Å². The number of amides is 1. The van der Waals surface area contributed by atoms with Crippen LogP contribution in [0.3, 0.4) is 0 Å². The van der Waals surface area contributed by atoms with Crippen molar-refractivity contribution < 1.29 is 4.79 Å². The predicted octanol–water partition coefficient (Wildman–Crippen LogP) is 1.46. The third kappa shape index (κ3) is 3.08. The van der Waals surface area contributed by atoms with E-state index in [1.807, 2.05) is 30.3 Å². The number of hydrogen-bond donors (Lipinski definition) is 1. The second-order valence-corrected chi connectivity index (χ2v) is 3.58. The van der Waals surface area contributed by atoms with E-state index in [1.54, 1.807) is 0 Å². The molecule has 0 spiro atoms. The standard InChI is InChI=1S/C9H12N2OS/c1-8(12)11(7-10)13-9-5-3-2-4-6-9/h2-6H,7,10H2,1H3. The molecule has 0 aromatic heterocycles. The largest absolute Gasteiger partial charge is 0.313 e. The van der Waals surface area contributed by atoms with E-state index in [1.165, 1.54) is 23.2 Å². The van der Waals surface area contributed by atoms with Crippen LogP contribution in [0.5, 0.6) is 0 Å². The molecule has 3 nitrogen and oxygen atoms in total. The number of nitrogens with zero attached hydrogens (tertiary/aromatic N) is 1. The third-order valence-electron chi connectivity index (χ3n) is 1.48. The average Bonchev–Trinajstić information content (AvgIpc) is 2.15. The van der Waals surface area contributed by atoms with E-state index in [9.17, 15) is 4.79 Å². The summed E-state index contributed by atoms with van der Waals surface area (Å²) in [6.07, 6.45) is 0. The molecule has 4 heteroatoms. The summed E-state index contributed by atoms with van der Waals surface area (Å²) in [6.45, 7) is 1.73. The second kappa shape index (κ2) is 4.89. The Hall–Kier alpha value is -1.00. The minimum Gasteiger partial charge on any atom is -0.313 e. The van der Waals surface area contributed by atoms with Crippen LogP contribution in [-0.4, -0.2) is 16.9 Å². The van der Waals surface area contributed by atoms with Crippen LogP contribution in [0.2, 0.25) is 0 Å². The molecule has 0 saturated heterocycles. The van der Waals surface area contributed by atoms with Crippen molar-refractivity contribution in [3.8, 4) is 0 Å². The molecule has 0 radical (unpaired) electrons. The van der Waals surface area contributed by atoms with Crippen molar-refractivity contribution in [2.24, 2.45) is 5.73 Å². The molecule has 13 heavy (non-hydrogen) atoms. The van der Waals surface area contributed by atoms with Gasteiger partial charge in [-0.15, -0.1) is 0 Å². The highest BCUT2D eigenvalue weighted by atomic mass is 32.2. The highest BCUT2D eigenvalue weighted by Crippen LogP contribution is 2.20. The normalized spacial score (nSPS) is 9.69. The Bertz CT molecular complexity index is 276. The third-order valence-corrected chi connectivity index (χ3v) is 2.59. The van der Waals surface area contributed by atoms with Crippen molar-refractivity contribution in [3.05, 3.63) is 30.3 Å². The minimum absolute atomic E-state index is 0.0312. The lowest BCUT2D eigenvalue weighted by atomic mass is 10.4. The van der Waals surface area contributed by atoms with E-state index in [0.29, 0.717) is 0 Å². The Labute approximate surface area is 82.0 Å². The molecule has 1 rings (SSSR count). The zero-order valence-electron chi connectivity index (χ0n) is 7.43. The van der Waals surface area contributed by atoms with Crippen LogP contribution in [0.15, 0.2) is 35.2 Å². The summed E-state index contributed by atoms with van der Waals surface area (Å²) in [7, 11) is 0. The number of hydrogen-bond acceptors (Lipinski definition) is 3. The first-order valence-electron chi connectivity index (χ1n) is 3.95. The van der Waals surface area contributed by atoms with Gasteiger partial charge in [0.2, 0.25) is 5.91 Å². The van der Waals surface area contributed by atoms with Gasteiger partial charge < -0.3 is 5.73 Å². The topological polar surface area (TPSA) is 46.3 Å². The summed E-state index contributed by atoms with van der Waals surface area (Å²) in [4.78, 5) is 12.0. The molecule has 1 aromatic carbocycles. The van der Waals surface area contributed by atoms with Crippen LogP contribution >= 0.6 is 11.9 Å². The molecule has 0 heterocycles. The van der Waals surface area contributed by atoms with Gasteiger partial charge in [-0.3, -0.25) is 9.10 Å². The SMILES string of the molecule is CC(=O)N(CN)Sc1ccccc1. The summed E-state index contributed by atoms with van der Waals surface area (Å²) >= 11 is 1.36. The van der Waals surface area contributed by atoms with Crippen LogP contribution in [0.4, 0.5) is 0 Å². The Kier molecular flexibility index (Phi) is 3.79. The molecule has 0 aliphatic rings. The number of carbonyl (C=O) groups excluding carboxylic acids is 1. The van der Waals surface area contributed by atoms with Crippen LogP contribution in [0.1, 0.15) is 6.92 Å². The first-order valence-corrected chi connectivity index (χ1v) is 4.72. The molecule has 1 aromatic rings.